The Labute approximate surface area is 117 Å². The third kappa shape index (κ3) is 2.24. The number of carbonyl (C=O) groups is 2. The molecule has 5 nitrogen and oxygen atoms in total. The van der Waals surface area contributed by atoms with Crippen molar-refractivity contribution in [2.24, 2.45) is 0 Å². The lowest BCUT2D eigenvalue weighted by Gasteiger charge is -2.39. The predicted octanol–water partition coefficient (Wildman–Crippen LogP) is 1.16. The number of rotatable bonds is 2. The number of nitrogens with zero attached hydrogens (tertiary/aromatic N) is 1. The summed E-state index contributed by atoms with van der Waals surface area (Å²) in [6, 6.07) is 6.73. The Morgan fingerprint density at radius 2 is 1.80 bits per heavy atom. The monoisotopic (exact) mass is 274 g/mol. The van der Waals surface area contributed by atoms with Crippen LogP contribution < -0.4 is 5.32 Å². The lowest BCUT2D eigenvalue weighted by Crippen LogP contribution is -2.65. The van der Waals surface area contributed by atoms with E-state index < -0.39 is 5.54 Å². The maximum atomic E-state index is 12.6. The van der Waals surface area contributed by atoms with Crippen LogP contribution in [-0.4, -0.2) is 33.9 Å². The number of benzene rings is 1. The summed E-state index contributed by atoms with van der Waals surface area (Å²) in [5.41, 5.74) is 0.255. The van der Waals surface area contributed by atoms with Crippen LogP contribution in [0.4, 0.5) is 0 Å². The van der Waals surface area contributed by atoms with Gasteiger partial charge in [0, 0.05) is 6.54 Å². The second kappa shape index (κ2) is 4.81. The van der Waals surface area contributed by atoms with Crippen molar-refractivity contribution in [3.63, 3.8) is 0 Å². The average Bonchev–Trinajstić information content (AvgIpc) is 2.87. The summed E-state index contributed by atoms with van der Waals surface area (Å²) in [5.74, 6) is 0.150. The normalized spacial score (nSPS) is 21.3. The molecule has 1 saturated carbocycles. The summed E-state index contributed by atoms with van der Waals surface area (Å²) in [6.45, 7) is 0.524. The quantitative estimate of drug-likeness (QED) is 0.850. The van der Waals surface area contributed by atoms with Gasteiger partial charge in [-0.25, -0.2) is 0 Å². The van der Waals surface area contributed by atoms with Crippen LogP contribution in [0.15, 0.2) is 24.3 Å². The molecule has 1 spiro atoms. The molecule has 1 aromatic carbocycles. The van der Waals surface area contributed by atoms with Crippen LogP contribution in [0, 0.1) is 0 Å². The molecular weight excluding hydrogens is 256 g/mol. The van der Waals surface area contributed by atoms with Crippen molar-refractivity contribution in [1.82, 2.24) is 10.2 Å². The molecule has 2 fully saturated rings. The van der Waals surface area contributed by atoms with E-state index >= 15 is 0 Å². The van der Waals surface area contributed by atoms with E-state index in [0.29, 0.717) is 6.54 Å². The average molecular weight is 274 g/mol. The number of phenolic OH excluding ortho intramolecular Hbond substituents is 1. The van der Waals surface area contributed by atoms with Crippen LogP contribution >= 0.6 is 0 Å². The van der Waals surface area contributed by atoms with E-state index in [1.807, 2.05) is 0 Å². The number of aromatic hydroxyl groups is 1. The Bertz CT molecular complexity index is 533. The Morgan fingerprint density at radius 3 is 2.45 bits per heavy atom. The summed E-state index contributed by atoms with van der Waals surface area (Å²) in [5, 5.41) is 12.2. The molecule has 1 heterocycles. The van der Waals surface area contributed by atoms with Gasteiger partial charge >= 0.3 is 0 Å². The standard InChI is InChI=1S/C15H18N2O3/c18-12-5-3-11(4-6-12)9-17-10-13(19)16-15(14(17)20)7-1-2-8-15/h3-6,18H,1-2,7-10H2,(H,16,19). The van der Waals surface area contributed by atoms with E-state index in [2.05, 4.69) is 5.32 Å². The molecule has 0 aromatic heterocycles. The number of piperazine rings is 1. The fraction of sp³-hybridized carbons (Fsp3) is 0.467. The number of hydrogen-bond acceptors (Lipinski definition) is 3. The van der Waals surface area contributed by atoms with Gasteiger partial charge in [0.2, 0.25) is 11.8 Å². The Balaban J connectivity index is 1.79. The molecule has 1 aliphatic carbocycles. The molecule has 2 aliphatic rings. The van der Waals surface area contributed by atoms with Crippen molar-refractivity contribution in [2.45, 2.75) is 37.8 Å². The largest absolute Gasteiger partial charge is 0.508 e. The SMILES string of the molecule is O=C1CN(Cc2ccc(O)cc2)C(=O)C2(CCCC2)N1. The lowest BCUT2D eigenvalue weighted by atomic mass is 9.93. The first kappa shape index (κ1) is 13.0. The molecule has 1 aliphatic heterocycles. The van der Waals surface area contributed by atoms with Gasteiger partial charge in [-0.05, 0) is 30.5 Å². The topological polar surface area (TPSA) is 69.6 Å². The fourth-order valence-electron chi connectivity index (χ4n) is 3.17. The maximum absolute atomic E-state index is 12.6. The highest BCUT2D eigenvalue weighted by Gasteiger charge is 2.48. The third-order valence-corrected chi connectivity index (χ3v) is 4.18. The van der Waals surface area contributed by atoms with Crippen molar-refractivity contribution in [1.29, 1.82) is 0 Å². The number of carbonyl (C=O) groups excluding carboxylic acids is 2. The van der Waals surface area contributed by atoms with Crippen LogP contribution in [0.25, 0.3) is 0 Å². The number of amides is 2. The second-order valence-corrected chi connectivity index (χ2v) is 5.67. The van der Waals surface area contributed by atoms with Crippen molar-refractivity contribution >= 4 is 11.8 Å². The van der Waals surface area contributed by atoms with E-state index in [4.69, 9.17) is 0 Å². The highest BCUT2D eigenvalue weighted by Crippen LogP contribution is 2.33. The minimum absolute atomic E-state index is 0.0303. The second-order valence-electron chi connectivity index (χ2n) is 5.67. The van der Waals surface area contributed by atoms with Crippen molar-refractivity contribution < 1.29 is 14.7 Å². The zero-order chi connectivity index (χ0) is 14.2. The van der Waals surface area contributed by atoms with Gasteiger partial charge in [0.15, 0.2) is 0 Å². The van der Waals surface area contributed by atoms with Crippen molar-refractivity contribution in [3.8, 4) is 5.75 Å². The Hall–Kier alpha value is -2.04. The van der Waals surface area contributed by atoms with Crippen molar-refractivity contribution in [2.75, 3.05) is 6.54 Å². The molecule has 0 bridgehead atoms. The maximum Gasteiger partial charge on any atom is 0.249 e. The molecule has 1 aromatic rings. The van der Waals surface area contributed by atoms with E-state index in [1.54, 1.807) is 29.2 Å². The number of nitrogens with one attached hydrogen (secondary N) is 1. The molecule has 0 radical (unpaired) electrons. The van der Waals surface area contributed by atoms with Crippen LogP contribution in [0.2, 0.25) is 0 Å². The van der Waals surface area contributed by atoms with Gasteiger partial charge < -0.3 is 15.3 Å². The molecule has 106 valence electrons. The van der Waals surface area contributed by atoms with Gasteiger partial charge in [0.1, 0.15) is 11.3 Å². The number of phenols is 1. The molecule has 1 saturated heterocycles. The summed E-state index contributed by atoms with van der Waals surface area (Å²) in [7, 11) is 0. The first-order valence-electron chi connectivity index (χ1n) is 6.97. The minimum atomic E-state index is -0.660. The molecule has 5 heteroatoms. The molecule has 20 heavy (non-hydrogen) atoms. The zero-order valence-electron chi connectivity index (χ0n) is 11.3. The fourth-order valence-corrected chi connectivity index (χ4v) is 3.17. The summed E-state index contributed by atoms with van der Waals surface area (Å²) < 4.78 is 0. The smallest absolute Gasteiger partial charge is 0.249 e. The number of hydrogen-bond donors (Lipinski definition) is 2. The first-order chi connectivity index (χ1) is 9.59. The molecular formula is C15H18N2O3. The van der Waals surface area contributed by atoms with Crippen LogP contribution in [-0.2, 0) is 16.1 Å². The molecule has 0 unspecified atom stereocenters. The van der Waals surface area contributed by atoms with E-state index in [0.717, 1.165) is 31.2 Å². The van der Waals surface area contributed by atoms with Crippen LogP contribution in [0.5, 0.6) is 5.75 Å². The van der Waals surface area contributed by atoms with E-state index in [9.17, 15) is 14.7 Å². The van der Waals surface area contributed by atoms with Crippen LogP contribution in [0.3, 0.4) is 0 Å². The van der Waals surface area contributed by atoms with E-state index in [-0.39, 0.29) is 24.1 Å². The Kier molecular flexibility index (Phi) is 3.12. The first-order valence-corrected chi connectivity index (χ1v) is 6.97. The highest BCUT2D eigenvalue weighted by molar-refractivity contribution is 5.98. The molecule has 0 atom stereocenters. The van der Waals surface area contributed by atoms with Gasteiger partial charge in [0.25, 0.3) is 0 Å². The summed E-state index contributed by atoms with van der Waals surface area (Å²) >= 11 is 0. The Morgan fingerprint density at radius 1 is 1.15 bits per heavy atom. The van der Waals surface area contributed by atoms with E-state index in [1.165, 1.54) is 0 Å². The van der Waals surface area contributed by atoms with Gasteiger partial charge in [-0.2, -0.15) is 0 Å². The molecule has 2 amide bonds. The summed E-state index contributed by atoms with van der Waals surface area (Å²) in [6.07, 6.45) is 3.45. The third-order valence-electron chi connectivity index (χ3n) is 4.18. The lowest BCUT2D eigenvalue weighted by molar-refractivity contribution is -0.150. The van der Waals surface area contributed by atoms with Crippen molar-refractivity contribution in [3.05, 3.63) is 29.8 Å². The van der Waals surface area contributed by atoms with Crippen LogP contribution in [0.1, 0.15) is 31.2 Å². The van der Waals surface area contributed by atoms with Gasteiger partial charge in [0.05, 0.1) is 6.54 Å². The highest BCUT2D eigenvalue weighted by atomic mass is 16.3. The minimum Gasteiger partial charge on any atom is -0.508 e. The van der Waals surface area contributed by atoms with Gasteiger partial charge in [-0.3, -0.25) is 9.59 Å². The van der Waals surface area contributed by atoms with Gasteiger partial charge in [-0.1, -0.05) is 25.0 Å². The molecule has 3 rings (SSSR count). The predicted molar refractivity (Wildman–Crippen MR) is 72.9 cm³/mol. The summed E-state index contributed by atoms with van der Waals surface area (Å²) in [4.78, 5) is 26.1. The zero-order valence-corrected chi connectivity index (χ0v) is 11.3. The van der Waals surface area contributed by atoms with Gasteiger partial charge in [-0.15, -0.1) is 0 Å². The molecule has 2 N–H and O–H groups in total.